The number of anilines is 1. The third kappa shape index (κ3) is 3.49. The Morgan fingerprint density at radius 2 is 2.06 bits per heavy atom. The highest BCUT2D eigenvalue weighted by atomic mass is 79.9. The molecule has 1 nitrogen and oxygen atoms in total. The zero-order valence-corrected chi connectivity index (χ0v) is 13.3. The number of alkyl halides is 1. The van der Waals surface area contributed by atoms with Gasteiger partial charge in [-0.2, -0.15) is 0 Å². The lowest BCUT2D eigenvalue weighted by molar-refractivity contribution is 0.615. The largest absolute Gasteiger partial charge is 0.372 e. The van der Waals surface area contributed by atoms with Gasteiger partial charge in [-0.3, -0.25) is 0 Å². The van der Waals surface area contributed by atoms with Crippen molar-refractivity contribution in [1.29, 1.82) is 0 Å². The van der Waals surface area contributed by atoms with Crippen LogP contribution in [0.2, 0.25) is 0 Å². The van der Waals surface area contributed by atoms with E-state index in [-0.39, 0.29) is 0 Å². The van der Waals surface area contributed by atoms with E-state index in [0.717, 1.165) is 9.80 Å². The zero-order chi connectivity index (χ0) is 12.1. The molecule has 1 aromatic rings. The van der Waals surface area contributed by atoms with Crippen molar-refractivity contribution in [2.24, 2.45) is 0 Å². The summed E-state index contributed by atoms with van der Waals surface area (Å²) in [5.74, 6) is 0. The van der Waals surface area contributed by atoms with Gasteiger partial charge in [-0.15, -0.1) is 0 Å². The smallest absolute Gasteiger partial charge is 0.0407 e. The molecule has 0 heterocycles. The minimum atomic E-state index is 0.587. The summed E-state index contributed by atoms with van der Waals surface area (Å²) < 4.78 is 1.14. The summed E-state index contributed by atoms with van der Waals surface area (Å²) in [5.41, 5.74) is 2.65. The molecule has 16 heavy (non-hydrogen) atoms. The maximum atomic E-state index is 3.55. The molecule has 0 spiro atoms. The van der Waals surface area contributed by atoms with Crippen LogP contribution in [-0.2, 0) is 5.33 Å². The molecule has 0 N–H and O–H groups in total. The van der Waals surface area contributed by atoms with Gasteiger partial charge in [0, 0.05) is 28.6 Å². The van der Waals surface area contributed by atoms with Crippen LogP contribution in [0.15, 0.2) is 22.7 Å². The standard InChI is InChI=1S/C13H19Br2N/c1-4-5-10(2)16(3)13-7-6-12(15)8-11(13)9-14/h6-8,10H,4-5,9H2,1-3H3. The van der Waals surface area contributed by atoms with Crippen LogP contribution in [0.3, 0.4) is 0 Å². The minimum Gasteiger partial charge on any atom is -0.372 e. The molecule has 0 aliphatic heterocycles. The molecule has 0 fully saturated rings. The number of nitrogens with zero attached hydrogens (tertiary/aromatic N) is 1. The highest BCUT2D eigenvalue weighted by molar-refractivity contribution is 9.10. The molecular weight excluding hydrogens is 330 g/mol. The first-order chi connectivity index (χ1) is 7.60. The second kappa shape index (κ2) is 6.65. The summed E-state index contributed by atoms with van der Waals surface area (Å²) in [7, 11) is 2.18. The van der Waals surface area contributed by atoms with E-state index in [1.807, 2.05) is 0 Å². The average Bonchev–Trinajstić information content (AvgIpc) is 2.28. The maximum Gasteiger partial charge on any atom is 0.0407 e. The zero-order valence-electron chi connectivity index (χ0n) is 10.1. The van der Waals surface area contributed by atoms with Crippen molar-refractivity contribution in [3.8, 4) is 0 Å². The molecule has 0 aliphatic rings. The third-order valence-corrected chi connectivity index (χ3v) is 4.03. The van der Waals surface area contributed by atoms with Gasteiger partial charge in [0.2, 0.25) is 0 Å². The molecule has 0 saturated heterocycles. The Labute approximate surface area is 115 Å². The molecule has 3 heteroatoms. The fourth-order valence-electron chi connectivity index (χ4n) is 1.85. The second-order valence-corrected chi connectivity index (χ2v) is 5.63. The first kappa shape index (κ1) is 14.0. The Morgan fingerprint density at radius 3 is 2.62 bits per heavy atom. The van der Waals surface area contributed by atoms with Crippen LogP contribution >= 0.6 is 31.9 Å². The summed E-state index contributed by atoms with van der Waals surface area (Å²) in [6.45, 7) is 4.51. The van der Waals surface area contributed by atoms with Gasteiger partial charge in [-0.1, -0.05) is 45.2 Å². The Bertz CT molecular complexity index is 339. The van der Waals surface area contributed by atoms with E-state index in [4.69, 9.17) is 0 Å². The summed E-state index contributed by atoms with van der Waals surface area (Å²) in [5, 5.41) is 0.894. The minimum absolute atomic E-state index is 0.587. The third-order valence-electron chi connectivity index (χ3n) is 2.93. The quantitative estimate of drug-likeness (QED) is 0.679. The van der Waals surface area contributed by atoms with Crippen LogP contribution in [-0.4, -0.2) is 13.1 Å². The van der Waals surface area contributed by atoms with Gasteiger partial charge in [0.1, 0.15) is 0 Å². The summed E-state index contributed by atoms with van der Waals surface area (Å²) in [4.78, 5) is 2.37. The molecule has 0 aliphatic carbocycles. The van der Waals surface area contributed by atoms with Gasteiger partial charge in [0.05, 0.1) is 0 Å². The van der Waals surface area contributed by atoms with E-state index in [1.165, 1.54) is 24.1 Å². The summed E-state index contributed by atoms with van der Waals surface area (Å²) >= 11 is 7.07. The van der Waals surface area contributed by atoms with E-state index < -0.39 is 0 Å². The van der Waals surface area contributed by atoms with E-state index in [9.17, 15) is 0 Å². The van der Waals surface area contributed by atoms with Crippen LogP contribution in [0.5, 0.6) is 0 Å². The Morgan fingerprint density at radius 1 is 1.38 bits per heavy atom. The number of rotatable bonds is 5. The van der Waals surface area contributed by atoms with E-state index in [1.54, 1.807) is 0 Å². The van der Waals surface area contributed by atoms with Crippen LogP contribution in [0.4, 0.5) is 5.69 Å². The highest BCUT2D eigenvalue weighted by Crippen LogP contribution is 2.27. The lowest BCUT2D eigenvalue weighted by atomic mass is 10.1. The SMILES string of the molecule is CCCC(C)N(C)c1ccc(Br)cc1CBr. The predicted octanol–water partition coefficient (Wildman–Crippen LogP) is 4.97. The van der Waals surface area contributed by atoms with Crippen molar-refractivity contribution in [2.75, 3.05) is 11.9 Å². The van der Waals surface area contributed by atoms with Crippen molar-refractivity contribution in [3.63, 3.8) is 0 Å². The van der Waals surface area contributed by atoms with Crippen molar-refractivity contribution in [3.05, 3.63) is 28.2 Å². The highest BCUT2D eigenvalue weighted by Gasteiger charge is 2.12. The fraction of sp³-hybridized carbons (Fsp3) is 0.538. The van der Waals surface area contributed by atoms with Crippen LogP contribution < -0.4 is 4.90 Å². The topological polar surface area (TPSA) is 3.24 Å². The maximum absolute atomic E-state index is 3.55. The molecule has 90 valence electrons. The second-order valence-electron chi connectivity index (χ2n) is 4.16. The van der Waals surface area contributed by atoms with Crippen LogP contribution in [0, 0.1) is 0 Å². The van der Waals surface area contributed by atoms with Crippen LogP contribution in [0.1, 0.15) is 32.3 Å². The number of benzene rings is 1. The lowest BCUT2D eigenvalue weighted by Crippen LogP contribution is -2.29. The molecule has 1 rings (SSSR count). The lowest BCUT2D eigenvalue weighted by Gasteiger charge is -2.28. The fourth-order valence-corrected chi connectivity index (χ4v) is 2.71. The van der Waals surface area contributed by atoms with E-state index >= 15 is 0 Å². The molecule has 0 saturated carbocycles. The van der Waals surface area contributed by atoms with Crippen LogP contribution in [0.25, 0.3) is 0 Å². The van der Waals surface area contributed by atoms with Gasteiger partial charge in [-0.05, 0) is 37.1 Å². The first-order valence-electron chi connectivity index (χ1n) is 5.67. The monoisotopic (exact) mass is 347 g/mol. The molecule has 0 radical (unpaired) electrons. The molecule has 0 amide bonds. The van der Waals surface area contributed by atoms with Crippen molar-refractivity contribution < 1.29 is 0 Å². The average molecular weight is 349 g/mol. The number of hydrogen-bond acceptors (Lipinski definition) is 1. The molecule has 1 aromatic carbocycles. The van der Waals surface area contributed by atoms with Gasteiger partial charge in [-0.25, -0.2) is 0 Å². The predicted molar refractivity (Wildman–Crippen MR) is 79.5 cm³/mol. The van der Waals surface area contributed by atoms with Crippen molar-refractivity contribution in [1.82, 2.24) is 0 Å². The van der Waals surface area contributed by atoms with Crippen molar-refractivity contribution >= 4 is 37.5 Å². The van der Waals surface area contributed by atoms with Crippen molar-refractivity contribution in [2.45, 2.75) is 38.1 Å². The molecule has 1 atom stereocenters. The van der Waals surface area contributed by atoms with E-state index in [0.29, 0.717) is 6.04 Å². The van der Waals surface area contributed by atoms with Gasteiger partial charge in [0.25, 0.3) is 0 Å². The molecule has 0 bridgehead atoms. The Kier molecular flexibility index (Phi) is 5.84. The summed E-state index contributed by atoms with van der Waals surface area (Å²) in [6, 6.07) is 7.06. The van der Waals surface area contributed by atoms with Gasteiger partial charge < -0.3 is 4.90 Å². The Hall–Kier alpha value is -0.0200. The Balaban J connectivity index is 2.93. The van der Waals surface area contributed by atoms with Gasteiger partial charge >= 0.3 is 0 Å². The molecular formula is C13H19Br2N. The molecule has 0 aromatic heterocycles. The molecule has 1 unspecified atom stereocenters. The van der Waals surface area contributed by atoms with E-state index in [2.05, 4.69) is 75.9 Å². The number of hydrogen-bond donors (Lipinski definition) is 0. The van der Waals surface area contributed by atoms with Gasteiger partial charge in [0.15, 0.2) is 0 Å². The first-order valence-corrected chi connectivity index (χ1v) is 7.58. The number of halogens is 2. The normalized spacial score (nSPS) is 12.6. The summed E-state index contributed by atoms with van der Waals surface area (Å²) in [6.07, 6.45) is 2.46.